The second kappa shape index (κ2) is 61.9. The van der Waals surface area contributed by atoms with E-state index in [1.165, 1.54) is 388 Å². The topological polar surface area (TPSA) is 0 Å². The van der Waals surface area contributed by atoms with Gasteiger partial charge < -0.3 is 0 Å². The number of hydrogen-bond donors (Lipinski definition) is 0. The fourth-order valence-corrected chi connectivity index (χ4v) is 13.3. The van der Waals surface area contributed by atoms with Gasteiger partial charge in [-0.15, -0.1) is 0 Å². The van der Waals surface area contributed by atoms with Gasteiger partial charge in [0.15, 0.2) is 0 Å². The molecule has 0 N–H and O–H groups in total. The molecule has 0 aromatic carbocycles. The summed E-state index contributed by atoms with van der Waals surface area (Å²) in [5, 5.41) is 0. The van der Waals surface area contributed by atoms with Crippen LogP contribution in [0.1, 0.15) is 373 Å². The predicted octanol–water partition coefficient (Wildman–Crippen LogP) is 24.1. The van der Waals surface area contributed by atoms with Gasteiger partial charge in [-0.3, -0.25) is 0 Å². The summed E-state index contributed by atoms with van der Waals surface area (Å²) >= 11 is 0. The molecule has 0 bridgehead atoms. The smallest absolute Gasteiger partial charge is 0.0317 e. The van der Waals surface area contributed by atoms with Crippen molar-refractivity contribution < 1.29 is 0 Å². The summed E-state index contributed by atoms with van der Waals surface area (Å²) in [6.45, 7) is 4.63. The van der Waals surface area contributed by atoms with Crippen molar-refractivity contribution in [3.8, 4) is 0 Å². The third-order valence-corrected chi connectivity index (χ3v) is 18.1. The number of hydrogen-bond acceptors (Lipinski definition) is 0. The molecule has 0 aliphatic carbocycles. The van der Waals surface area contributed by atoms with E-state index < -0.39 is 0 Å². The molecule has 0 nitrogen and oxygen atoms in total. The Hall–Kier alpha value is 0.860. The highest BCUT2D eigenvalue weighted by atomic mass is 32.0. The van der Waals surface area contributed by atoms with Crippen LogP contribution in [0.2, 0.25) is 0 Å². The van der Waals surface area contributed by atoms with Gasteiger partial charge in [-0.05, 0) is 25.2 Å². The van der Waals surface area contributed by atoms with E-state index in [0.29, 0.717) is 0 Å². The molecule has 2 atom stereocenters. The Labute approximate surface area is 400 Å². The van der Waals surface area contributed by atoms with E-state index in [1.807, 2.05) is 0 Å². The van der Waals surface area contributed by atoms with Crippen LogP contribution in [0, 0.1) is 0 Å². The molecule has 0 aliphatic heterocycles. The van der Waals surface area contributed by atoms with E-state index in [-0.39, 0.29) is 0 Å². The summed E-state index contributed by atoms with van der Waals surface area (Å²) in [6.07, 6.45) is 86.6. The average molecular weight is 908 g/mol. The number of rotatable bonds is 59. The lowest BCUT2D eigenvalue weighted by atomic mass is 10.0. The monoisotopic (exact) mass is 907 g/mol. The Bertz CT molecular complexity index is 662. The summed E-state index contributed by atoms with van der Waals surface area (Å²) in [5.41, 5.74) is 0. The summed E-state index contributed by atoms with van der Waals surface area (Å²) in [6, 6.07) is 0. The van der Waals surface area contributed by atoms with E-state index in [9.17, 15) is 0 Å². The Kier molecular flexibility index (Phi) is 62.7. The van der Waals surface area contributed by atoms with Crippen LogP contribution < -0.4 is 0 Å². The predicted molar refractivity (Wildman–Crippen MR) is 296 cm³/mol. The highest BCUT2D eigenvalue weighted by Crippen LogP contribution is 2.38. The first kappa shape index (κ1) is 62.9. The molecule has 0 aliphatic rings. The molecule has 0 aromatic rings. The summed E-state index contributed by atoms with van der Waals surface area (Å²) in [4.78, 5) is 0. The molecule has 0 fully saturated rings. The second-order valence-corrected chi connectivity index (χ2v) is 24.8. The van der Waals surface area contributed by atoms with Gasteiger partial charge in [-0.25, -0.2) is 0 Å². The van der Waals surface area contributed by atoms with Gasteiger partial charge >= 0.3 is 0 Å². The van der Waals surface area contributed by atoms with Crippen LogP contribution in [0.15, 0.2) is 0 Å². The molecular weight excluding hydrogens is 783 g/mol. The molecule has 0 rings (SSSR count). The van der Waals surface area contributed by atoms with E-state index in [0.717, 1.165) is 0 Å². The van der Waals surface area contributed by atoms with E-state index in [2.05, 4.69) is 13.8 Å². The van der Waals surface area contributed by atoms with Crippen molar-refractivity contribution in [2.75, 3.05) is 12.3 Å². The van der Waals surface area contributed by atoms with Gasteiger partial charge in [0.25, 0.3) is 0 Å². The van der Waals surface area contributed by atoms with Gasteiger partial charge in [0, 0.05) is 0 Å². The third-order valence-electron chi connectivity index (χ3n) is 14.4. The fourth-order valence-electron chi connectivity index (χ4n) is 9.94. The molecule has 374 valence electrons. The Morgan fingerprint density at radius 1 is 0.129 bits per heavy atom. The van der Waals surface area contributed by atoms with E-state index in [1.54, 1.807) is 0 Å². The lowest BCUT2D eigenvalue weighted by molar-refractivity contribution is 0.514. The normalized spacial score (nSPS) is 12.1. The van der Waals surface area contributed by atoms with Gasteiger partial charge in [-0.1, -0.05) is 377 Å². The van der Waals surface area contributed by atoms with Gasteiger partial charge in [0.1, 0.15) is 0 Å². The Morgan fingerprint density at radius 3 is 0.339 bits per heavy atom. The van der Waals surface area contributed by atoms with Crippen LogP contribution in [-0.2, 0) is 0 Å². The third kappa shape index (κ3) is 60.9. The average Bonchev–Trinajstić information content (AvgIpc) is 3.28. The lowest BCUT2D eigenvalue weighted by Crippen LogP contribution is -1.85. The zero-order valence-corrected chi connectivity index (χ0v) is 46.0. The van der Waals surface area contributed by atoms with Crippen molar-refractivity contribution in [1.82, 2.24) is 0 Å². The highest BCUT2D eigenvalue weighted by Gasteiger charge is 2.00. The molecule has 0 spiro atoms. The largest absolute Gasteiger partial charge is 0.0992 e. The van der Waals surface area contributed by atoms with E-state index >= 15 is 0 Å². The second-order valence-electron chi connectivity index (χ2n) is 20.9. The zero-order chi connectivity index (χ0) is 44.4. The maximum Gasteiger partial charge on any atom is -0.0317 e. The molecule has 0 amide bonds. The minimum atomic E-state index is 1.28. The summed E-state index contributed by atoms with van der Waals surface area (Å²) < 4.78 is 0. The summed E-state index contributed by atoms with van der Waals surface area (Å²) in [7, 11) is 2.56. The van der Waals surface area contributed by atoms with Crippen molar-refractivity contribution in [3.05, 3.63) is 0 Å². The SMILES string of the molecule is CCCCCCCCCCCCCCCCCCCCCCCCCCCCCCPPCCCCCCCCCCCCCCCCCCCCCCCCCCCCCC. The standard InChI is InChI=1S/C60H124P2/c1-3-5-7-9-11-13-15-17-19-21-23-25-27-29-31-33-35-37-39-41-43-45-47-49-51-53-55-57-59-61-62-60-58-56-54-52-50-48-46-44-42-40-38-36-34-32-30-28-26-24-22-20-18-16-14-12-10-8-6-4-2/h61-62H,3-60H2,1-2H3. The maximum absolute atomic E-state index is 2.31. The van der Waals surface area contributed by atoms with Crippen LogP contribution in [0.5, 0.6) is 0 Å². The molecule has 2 heteroatoms. The molecule has 2 unspecified atom stereocenters. The Balaban J connectivity index is 3.06. The molecule has 0 saturated heterocycles. The number of unbranched alkanes of at least 4 members (excludes halogenated alkanes) is 54. The van der Waals surface area contributed by atoms with Crippen LogP contribution in [0.25, 0.3) is 0 Å². The molecule has 62 heavy (non-hydrogen) atoms. The fraction of sp³-hybridized carbons (Fsp3) is 1.00. The molecule has 0 aromatic heterocycles. The first-order valence-electron chi connectivity index (χ1n) is 30.4. The van der Waals surface area contributed by atoms with Crippen LogP contribution in [0.3, 0.4) is 0 Å². The van der Waals surface area contributed by atoms with Gasteiger partial charge in [-0.2, -0.15) is 0 Å². The van der Waals surface area contributed by atoms with Gasteiger partial charge in [0.05, 0.1) is 0 Å². The van der Waals surface area contributed by atoms with Crippen molar-refractivity contribution in [1.29, 1.82) is 0 Å². The van der Waals surface area contributed by atoms with Crippen molar-refractivity contribution in [2.45, 2.75) is 373 Å². The van der Waals surface area contributed by atoms with Crippen LogP contribution in [0.4, 0.5) is 0 Å². The van der Waals surface area contributed by atoms with Crippen LogP contribution >= 0.6 is 16.5 Å². The molecular formula is C60H124P2. The molecule has 0 saturated carbocycles. The minimum Gasteiger partial charge on any atom is -0.0992 e. The first-order chi connectivity index (χ1) is 30.9. The van der Waals surface area contributed by atoms with Crippen molar-refractivity contribution in [3.63, 3.8) is 0 Å². The lowest BCUT2D eigenvalue weighted by Gasteiger charge is -2.05. The maximum atomic E-state index is 2.31. The highest BCUT2D eigenvalue weighted by molar-refractivity contribution is 8.11. The van der Waals surface area contributed by atoms with Gasteiger partial charge in [0.2, 0.25) is 0 Å². The first-order valence-corrected chi connectivity index (χ1v) is 33.8. The Morgan fingerprint density at radius 2 is 0.226 bits per heavy atom. The minimum absolute atomic E-state index is 1.28. The molecule has 0 radical (unpaired) electrons. The van der Waals surface area contributed by atoms with Crippen LogP contribution in [-0.4, -0.2) is 12.3 Å². The summed E-state index contributed by atoms with van der Waals surface area (Å²) in [5.74, 6) is 0. The quantitative estimate of drug-likeness (QED) is 0.0421. The molecule has 0 heterocycles. The van der Waals surface area contributed by atoms with E-state index in [4.69, 9.17) is 0 Å². The van der Waals surface area contributed by atoms with Crippen molar-refractivity contribution in [2.24, 2.45) is 0 Å². The van der Waals surface area contributed by atoms with Crippen molar-refractivity contribution >= 4 is 16.5 Å². The zero-order valence-electron chi connectivity index (χ0n) is 44.0.